The maximum atomic E-state index is 10.3. The van der Waals surface area contributed by atoms with E-state index in [0.29, 0.717) is 9.79 Å². The Kier molecular flexibility index (Phi) is 11.0. The van der Waals surface area contributed by atoms with E-state index >= 15 is 0 Å². The van der Waals surface area contributed by atoms with E-state index in [1.807, 2.05) is 13.8 Å². The van der Waals surface area contributed by atoms with Gasteiger partial charge in [-0.1, -0.05) is 35.4 Å². The maximum Gasteiger partial charge on any atom is 2.00 e. The molecule has 0 aliphatic heterocycles. The van der Waals surface area contributed by atoms with Crippen LogP contribution in [0.5, 0.6) is 0 Å². The molecular weight excluding hydrogens is 434 g/mol. The summed E-state index contributed by atoms with van der Waals surface area (Å²) in [7, 11) is 0. The topological polar surface area (TPSA) is 80.3 Å². The van der Waals surface area contributed by atoms with Crippen molar-refractivity contribution >= 4 is 71.0 Å². The van der Waals surface area contributed by atoms with Gasteiger partial charge in [0.2, 0.25) is 0 Å². The summed E-state index contributed by atoms with van der Waals surface area (Å²) in [5.41, 5.74) is 2.13. The Morgan fingerprint density at radius 1 is 0.667 bits per heavy atom. The Morgan fingerprint density at radius 3 is 1.10 bits per heavy atom. The van der Waals surface area contributed by atoms with Gasteiger partial charge in [-0.25, -0.2) is 0 Å². The van der Waals surface area contributed by atoms with Crippen LogP contribution in [0.2, 0.25) is 0 Å². The average Bonchev–Trinajstić information content (AvgIpc) is 2.40. The standard InChI is InChI=1S/2C7H8O2S.Ba/c2*1-6-2-4-7(5-3-6)10(8)9;/h2*2-5H,1H3,(H,8,9);/q;;+2/p-2. The largest absolute Gasteiger partial charge is 2.00 e. The molecule has 2 rings (SSSR count). The third kappa shape index (κ3) is 8.44. The minimum Gasteiger partial charge on any atom is -0.768 e. The zero-order valence-corrected chi connectivity index (χ0v) is 17.8. The summed E-state index contributed by atoms with van der Waals surface area (Å²) < 4.78 is 41.2. The first-order valence-corrected chi connectivity index (χ1v) is 7.87. The van der Waals surface area contributed by atoms with Crippen LogP contribution in [0.1, 0.15) is 11.1 Å². The fourth-order valence-corrected chi connectivity index (χ4v) is 2.02. The molecule has 0 heterocycles. The number of rotatable bonds is 2. The molecule has 0 aromatic heterocycles. The molecule has 4 nitrogen and oxygen atoms in total. The van der Waals surface area contributed by atoms with Gasteiger partial charge in [-0.2, -0.15) is 0 Å². The summed E-state index contributed by atoms with van der Waals surface area (Å²) in [5, 5.41) is 0. The van der Waals surface area contributed by atoms with Gasteiger partial charge in [-0.15, -0.1) is 0 Å². The Labute approximate surface area is 170 Å². The smallest absolute Gasteiger partial charge is 0.768 e. The summed E-state index contributed by atoms with van der Waals surface area (Å²) >= 11 is -4.17. The molecule has 2 aromatic rings. The molecule has 0 aliphatic carbocycles. The van der Waals surface area contributed by atoms with Gasteiger partial charge in [0.05, 0.1) is 0 Å². The molecule has 0 bridgehead atoms. The number of aryl methyl sites for hydroxylation is 2. The molecule has 21 heavy (non-hydrogen) atoms. The summed E-state index contributed by atoms with van der Waals surface area (Å²) in [4.78, 5) is 0.677. The van der Waals surface area contributed by atoms with Crippen LogP contribution in [0.3, 0.4) is 0 Å². The molecule has 0 radical (unpaired) electrons. The second kappa shape index (κ2) is 10.9. The Morgan fingerprint density at radius 2 is 0.905 bits per heavy atom. The molecule has 0 amide bonds. The van der Waals surface area contributed by atoms with Gasteiger partial charge in [0.1, 0.15) is 0 Å². The molecule has 0 fully saturated rings. The summed E-state index contributed by atoms with van der Waals surface area (Å²) in [6.07, 6.45) is 0. The zero-order chi connectivity index (χ0) is 15.1. The van der Waals surface area contributed by atoms with Crippen LogP contribution in [0.25, 0.3) is 0 Å². The first-order chi connectivity index (χ1) is 9.40. The molecule has 0 saturated heterocycles. The molecule has 108 valence electrons. The molecule has 0 spiro atoms. The molecule has 0 aliphatic rings. The van der Waals surface area contributed by atoms with Gasteiger partial charge in [-0.05, 0) is 60.3 Å². The number of hydrogen-bond acceptors (Lipinski definition) is 4. The van der Waals surface area contributed by atoms with Crippen LogP contribution in [0.15, 0.2) is 58.3 Å². The van der Waals surface area contributed by atoms with E-state index < -0.39 is 22.2 Å². The van der Waals surface area contributed by atoms with Crippen LogP contribution >= 0.6 is 0 Å². The van der Waals surface area contributed by atoms with Crippen molar-refractivity contribution in [1.29, 1.82) is 0 Å². The van der Waals surface area contributed by atoms with Gasteiger partial charge >= 0.3 is 48.9 Å². The van der Waals surface area contributed by atoms with Crippen molar-refractivity contribution in [3.05, 3.63) is 59.7 Å². The number of hydrogen-bond donors (Lipinski definition) is 0. The first kappa shape index (κ1) is 21.2. The van der Waals surface area contributed by atoms with E-state index in [1.165, 1.54) is 0 Å². The predicted molar refractivity (Wildman–Crippen MR) is 82.5 cm³/mol. The minimum absolute atomic E-state index is 0. The van der Waals surface area contributed by atoms with E-state index in [4.69, 9.17) is 0 Å². The van der Waals surface area contributed by atoms with Gasteiger partial charge in [0.25, 0.3) is 0 Å². The van der Waals surface area contributed by atoms with Crippen molar-refractivity contribution in [2.75, 3.05) is 0 Å². The van der Waals surface area contributed by atoms with E-state index in [0.717, 1.165) is 11.1 Å². The molecule has 2 atom stereocenters. The average molecular weight is 448 g/mol. The second-order valence-corrected chi connectivity index (χ2v) is 5.98. The molecule has 2 aromatic carbocycles. The van der Waals surface area contributed by atoms with Gasteiger partial charge in [-0.3, -0.25) is 8.42 Å². The van der Waals surface area contributed by atoms with Crippen molar-refractivity contribution in [3.8, 4) is 0 Å². The molecule has 7 heteroatoms. The van der Waals surface area contributed by atoms with Crippen LogP contribution in [-0.2, 0) is 22.2 Å². The monoisotopic (exact) mass is 448 g/mol. The molecule has 0 N–H and O–H groups in total. The van der Waals surface area contributed by atoms with E-state index in [1.54, 1.807) is 48.5 Å². The van der Waals surface area contributed by atoms with E-state index in [-0.39, 0.29) is 48.9 Å². The zero-order valence-electron chi connectivity index (χ0n) is 11.8. The van der Waals surface area contributed by atoms with E-state index in [9.17, 15) is 17.5 Å². The van der Waals surface area contributed by atoms with Crippen LogP contribution in [0, 0.1) is 13.8 Å². The fraction of sp³-hybridized carbons (Fsp3) is 0.143. The molecular formula is C14H14BaO4S2. The fourth-order valence-electron chi connectivity index (χ4n) is 1.30. The van der Waals surface area contributed by atoms with Crippen molar-refractivity contribution in [2.24, 2.45) is 0 Å². The van der Waals surface area contributed by atoms with Crippen molar-refractivity contribution in [2.45, 2.75) is 23.6 Å². The van der Waals surface area contributed by atoms with Crippen LogP contribution < -0.4 is 0 Å². The normalized spacial score (nSPS) is 12.4. The summed E-state index contributed by atoms with van der Waals surface area (Å²) in [6, 6.07) is 13.4. The third-order valence-corrected chi connectivity index (χ3v) is 3.74. The Hall–Kier alpha value is 0.231. The Bertz CT molecular complexity index is 542. The number of benzene rings is 2. The Balaban J connectivity index is 0.000000364. The van der Waals surface area contributed by atoms with Crippen LogP contribution in [-0.4, -0.2) is 66.4 Å². The van der Waals surface area contributed by atoms with Crippen molar-refractivity contribution in [1.82, 2.24) is 0 Å². The van der Waals surface area contributed by atoms with Crippen molar-refractivity contribution < 1.29 is 17.5 Å². The first-order valence-electron chi connectivity index (χ1n) is 5.72. The second-order valence-electron chi connectivity index (χ2n) is 4.10. The maximum absolute atomic E-state index is 10.3. The molecule has 0 saturated carbocycles. The quantitative estimate of drug-likeness (QED) is 0.521. The third-order valence-electron chi connectivity index (χ3n) is 2.43. The SMILES string of the molecule is Cc1ccc(S(=O)[O-])cc1.Cc1ccc(S(=O)[O-])cc1.[Ba+2]. The van der Waals surface area contributed by atoms with Crippen molar-refractivity contribution in [3.63, 3.8) is 0 Å². The minimum atomic E-state index is -2.09. The van der Waals surface area contributed by atoms with Crippen LogP contribution in [0.4, 0.5) is 0 Å². The summed E-state index contributed by atoms with van der Waals surface area (Å²) in [5.74, 6) is 0. The van der Waals surface area contributed by atoms with Gasteiger partial charge in [0, 0.05) is 9.79 Å². The van der Waals surface area contributed by atoms with Gasteiger partial charge < -0.3 is 9.11 Å². The molecule has 2 unspecified atom stereocenters. The van der Waals surface area contributed by atoms with E-state index in [2.05, 4.69) is 0 Å². The summed E-state index contributed by atoms with van der Waals surface area (Å²) in [6.45, 7) is 3.83. The predicted octanol–water partition coefficient (Wildman–Crippen LogP) is 2.09. The van der Waals surface area contributed by atoms with Gasteiger partial charge in [0.15, 0.2) is 0 Å².